The molecule has 0 aromatic heterocycles. The highest BCUT2D eigenvalue weighted by molar-refractivity contribution is 7.92. The number of para-hydroxylation sites is 3. The third-order valence-corrected chi connectivity index (χ3v) is 8.55. The van der Waals surface area contributed by atoms with Crippen molar-refractivity contribution in [3.63, 3.8) is 0 Å². The van der Waals surface area contributed by atoms with E-state index in [1.54, 1.807) is 48.5 Å². The molecule has 0 saturated heterocycles. The molecular weight excluding hydrogens is 550 g/mol. The van der Waals surface area contributed by atoms with Crippen LogP contribution in [0.3, 0.4) is 0 Å². The monoisotopic (exact) mass is 575 g/mol. The number of nitrogens with zero attached hydrogens (tertiary/aromatic N) is 1. The Labute approximate surface area is 237 Å². The lowest BCUT2D eigenvalue weighted by molar-refractivity contribution is -0.122. The van der Waals surface area contributed by atoms with Crippen LogP contribution in [-0.2, 0) is 14.8 Å². The molecule has 0 unspecified atom stereocenters. The molecule has 0 saturated carbocycles. The van der Waals surface area contributed by atoms with E-state index in [1.807, 2.05) is 37.3 Å². The second kappa shape index (κ2) is 11.4. The fourth-order valence-electron chi connectivity index (χ4n) is 4.40. The summed E-state index contributed by atoms with van der Waals surface area (Å²) in [7, 11) is -4.04. The Bertz CT molecular complexity index is 1650. The highest BCUT2D eigenvalue weighted by atomic mass is 35.5. The number of halogens is 1. The van der Waals surface area contributed by atoms with Gasteiger partial charge in [0.25, 0.3) is 21.8 Å². The van der Waals surface area contributed by atoms with Crippen LogP contribution in [0.15, 0.2) is 108 Å². The predicted molar refractivity (Wildman–Crippen MR) is 154 cm³/mol. The van der Waals surface area contributed by atoms with E-state index in [-0.39, 0.29) is 40.4 Å². The van der Waals surface area contributed by atoms with Gasteiger partial charge in [-0.05, 0) is 61.0 Å². The van der Waals surface area contributed by atoms with Gasteiger partial charge in [0, 0.05) is 5.02 Å². The first-order valence-electron chi connectivity index (χ1n) is 12.5. The number of rotatable bonds is 7. The molecule has 2 N–H and O–H groups in total. The number of nitrogens with one attached hydrogen (secondary N) is 2. The second-order valence-electron chi connectivity index (χ2n) is 9.20. The molecule has 0 aliphatic carbocycles. The molecule has 1 aliphatic rings. The molecule has 0 bridgehead atoms. The number of benzene rings is 4. The maximum Gasteiger partial charge on any atom is 0.267 e. The molecule has 10 heteroatoms. The number of hydrogen-bond acceptors (Lipinski definition) is 5. The van der Waals surface area contributed by atoms with Crippen molar-refractivity contribution >= 4 is 44.8 Å². The van der Waals surface area contributed by atoms with E-state index in [0.29, 0.717) is 10.7 Å². The molecule has 1 aliphatic heterocycles. The van der Waals surface area contributed by atoms with Crippen LogP contribution in [-0.4, -0.2) is 32.9 Å². The zero-order valence-corrected chi connectivity index (χ0v) is 23.0. The van der Waals surface area contributed by atoms with Gasteiger partial charge in [0.05, 0.1) is 34.4 Å². The van der Waals surface area contributed by atoms with Gasteiger partial charge < -0.3 is 15.4 Å². The molecule has 8 nitrogen and oxygen atoms in total. The first-order valence-corrected chi connectivity index (χ1v) is 14.4. The number of ether oxygens (including phenoxy) is 1. The minimum atomic E-state index is -4.04. The quantitative estimate of drug-likeness (QED) is 0.306. The zero-order valence-electron chi connectivity index (χ0n) is 21.5. The van der Waals surface area contributed by atoms with Crippen LogP contribution < -0.4 is 19.7 Å². The Kier molecular flexibility index (Phi) is 7.77. The first kappa shape index (κ1) is 27.2. The van der Waals surface area contributed by atoms with Crippen molar-refractivity contribution < 1.29 is 22.7 Å². The number of carbonyl (C=O) groups is 2. The number of anilines is 2. The van der Waals surface area contributed by atoms with E-state index in [0.717, 1.165) is 9.87 Å². The highest BCUT2D eigenvalue weighted by Crippen LogP contribution is 2.37. The summed E-state index contributed by atoms with van der Waals surface area (Å²) in [6.45, 7) is 1.60. The van der Waals surface area contributed by atoms with Gasteiger partial charge in [-0.3, -0.25) is 13.9 Å². The van der Waals surface area contributed by atoms with Crippen molar-refractivity contribution in [2.75, 3.05) is 16.2 Å². The largest absolute Gasteiger partial charge is 0.476 e. The van der Waals surface area contributed by atoms with Crippen LogP contribution >= 0.6 is 11.6 Å². The molecule has 40 heavy (non-hydrogen) atoms. The fraction of sp³-hybridized carbons (Fsp3) is 0.133. The Morgan fingerprint density at radius 1 is 0.900 bits per heavy atom. The van der Waals surface area contributed by atoms with E-state index in [9.17, 15) is 18.0 Å². The van der Waals surface area contributed by atoms with Gasteiger partial charge in [-0.2, -0.15) is 0 Å². The van der Waals surface area contributed by atoms with Gasteiger partial charge in [0.1, 0.15) is 5.75 Å². The lowest BCUT2D eigenvalue weighted by Gasteiger charge is -2.34. The summed E-state index contributed by atoms with van der Waals surface area (Å²) in [5.41, 5.74) is 1.80. The van der Waals surface area contributed by atoms with Crippen LogP contribution in [0.1, 0.15) is 28.9 Å². The molecule has 204 valence electrons. The number of sulfonamides is 1. The summed E-state index contributed by atoms with van der Waals surface area (Å²) in [6, 6.07) is 28.3. The molecule has 0 spiro atoms. The van der Waals surface area contributed by atoms with Crippen molar-refractivity contribution in [2.45, 2.75) is 24.0 Å². The Morgan fingerprint density at radius 2 is 1.55 bits per heavy atom. The van der Waals surface area contributed by atoms with Crippen molar-refractivity contribution in [1.82, 2.24) is 5.32 Å². The molecular formula is C30H26ClN3O5S. The fourth-order valence-corrected chi connectivity index (χ4v) is 6.00. The lowest BCUT2D eigenvalue weighted by Crippen LogP contribution is -2.49. The van der Waals surface area contributed by atoms with E-state index in [2.05, 4.69) is 10.6 Å². The Hall–Kier alpha value is -4.34. The number of carbonyl (C=O) groups excluding carboxylic acids is 2. The van der Waals surface area contributed by atoms with Crippen LogP contribution in [0.4, 0.5) is 11.4 Å². The first-order chi connectivity index (χ1) is 19.2. The van der Waals surface area contributed by atoms with Crippen molar-refractivity contribution in [1.29, 1.82) is 0 Å². The van der Waals surface area contributed by atoms with E-state index >= 15 is 0 Å². The summed E-state index contributed by atoms with van der Waals surface area (Å²) in [4.78, 5) is 26.6. The molecule has 0 radical (unpaired) electrons. The van der Waals surface area contributed by atoms with Crippen molar-refractivity contribution in [3.8, 4) is 5.75 Å². The lowest BCUT2D eigenvalue weighted by atomic mass is 10.1. The van der Waals surface area contributed by atoms with E-state index in [4.69, 9.17) is 16.3 Å². The van der Waals surface area contributed by atoms with Gasteiger partial charge >= 0.3 is 0 Å². The van der Waals surface area contributed by atoms with Crippen LogP contribution in [0, 0.1) is 0 Å². The third kappa shape index (κ3) is 5.66. The SMILES string of the molecule is C[C@@H](NC(=O)c1ccccc1NC(=O)[C@@H]1CN(S(=O)(=O)c2ccc(Cl)cc2)c2ccccc2O1)c1ccccc1. The van der Waals surface area contributed by atoms with Gasteiger partial charge in [0.2, 0.25) is 0 Å². The minimum Gasteiger partial charge on any atom is -0.476 e. The maximum atomic E-state index is 13.6. The van der Waals surface area contributed by atoms with Gasteiger partial charge in [0.15, 0.2) is 6.10 Å². The Morgan fingerprint density at radius 3 is 2.30 bits per heavy atom. The summed E-state index contributed by atoms with van der Waals surface area (Å²) in [5, 5.41) is 6.11. The molecule has 4 aromatic rings. The van der Waals surface area contributed by atoms with Crippen molar-refractivity contribution in [2.24, 2.45) is 0 Å². The number of amides is 2. The van der Waals surface area contributed by atoms with Gasteiger partial charge in [-0.15, -0.1) is 0 Å². The number of fused-ring (bicyclic) bond motifs is 1. The predicted octanol–water partition coefficient (Wildman–Crippen LogP) is 5.43. The molecule has 5 rings (SSSR count). The Balaban J connectivity index is 1.38. The standard InChI is InChI=1S/C30H26ClN3O5S/c1-20(21-9-3-2-4-10-21)32-29(35)24-11-5-6-12-25(24)33-30(36)28-19-34(26-13-7-8-14-27(26)39-28)40(37,38)23-17-15-22(31)16-18-23/h2-18,20,28H,19H2,1H3,(H,32,35)(H,33,36)/t20-,28+/m1/s1. The van der Waals surface area contributed by atoms with E-state index < -0.39 is 22.0 Å². The number of hydrogen-bond donors (Lipinski definition) is 2. The molecule has 2 amide bonds. The summed E-state index contributed by atoms with van der Waals surface area (Å²) in [5.74, 6) is -0.717. The van der Waals surface area contributed by atoms with Crippen LogP contribution in [0.5, 0.6) is 5.75 Å². The normalized spacial score (nSPS) is 15.3. The van der Waals surface area contributed by atoms with Gasteiger partial charge in [-0.1, -0.05) is 66.2 Å². The molecule has 4 aromatic carbocycles. The van der Waals surface area contributed by atoms with Gasteiger partial charge in [-0.25, -0.2) is 8.42 Å². The zero-order chi connectivity index (χ0) is 28.3. The van der Waals surface area contributed by atoms with Crippen LogP contribution in [0.2, 0.25) is 5.02 Å². The average molecular weight is 576 g/mol. The average Bonchev–Trinajstić information content (AvgIpc) is 2.97. The summed E-state index contributed by atoms with van der Waals surface area (Å²) in [6.07, 6.45) is -1.18. The maximum absolute atomic E-state index is 13.6. The minimum absolute atomic E-state index is 0.0299. The van der Waals surface area contributed by atoms with E-state index in [1.165, 1.54) is 24.3 Å². The second-order valence-corrected chi connectivity index (χ2v) is 11.5. The smallest absolute Gasteiger partial charge is 0.267 e. The topological polar surface area (TPSA) is 105 Å². The molecule has 2 atom stereocenters. The third-order valence-electron chi connectivity index (χ3n) is 6.51. The summed E-state index contributed by atoms with van der Waals surface area (Å²) < 4.78 is 34.3. The summed E-state index contributed by atoms with van der Waals surface area (Å²) >= 11 is 5.95. The molecule has 0 fully saturated rings. The van der Waals surface area contributed by atoms with Crippen LogP contribution in [0.25, 0.3) is 0 Å². The molecule has 1 heterocycles. The highest BCUT2D eigenvalue weighted by Gasteiger charge is 2.37. The van der Waals surface area contributed by atoms with Crippen molar-refractivity contribution in [3.05, 3.63) is 119 Å².